The Labute approximate surface area is 309 Å². The van der Waals surface area contributed by atoms with E-state index in [9.17, 15) is 24.3 Å². The molecule has 13 heteroatoms. The van der Waals surface area contributed by atoms with Crippen molar-refractivity contribution in [3.8, 4) is 5.75 Å². The molecule has 1 saturated heterocycles. The summed E-state index contributed by atoms with van der Waals surface area (Å²) < 4.78 is 34.1. The number of amides is 3. The fourth-order valence-corrected chi connectivity index (χ4v) is 11.4. The zero-order valence-electron chi connectivity index (χ0n) is 30.5. The number of nitrogens with zero attached hydrogens (tertiary/aromatic N) is 3. The second kappa shape index (κ2) is 14.3. The number of carbonyl (C=O) groups is 4. The Morgan fingerprint density at radius 1 is 1.02 bits per heavy atom. The topological polar surface area (TPSA) is 126 Å². The fraction of sp³-hybridized carbons (Fsp3) is 0.450. The lowest BCUT2D eigenvalue weighted by molar-refractivity contribution is -0.151. The van der Waals surface area contributed by atoms with Gasteiger partial charge in [-0.25, -0.2) is 0 Å². The second-order valence-electron chi connectivity index (χ2n) is 15.0. The number of rotatable bonds is 10. The molecule has 0 unspecified atom stereocenters. The number of esters is 1. The van der Waals surface area contributed by atoms with Gasteiger partial charge in [-0.2, -0.15) is 0 Å². The molecule has 5 atom stereocenters. The zero-order chi connectivity index (χ0) is 37.7. The molecule has 0 saturated carbocycles. The van der Waals surface area contributed by atoms with Crippen molar-refractivity contribution in [3.63, 3.8) is 0 Å². The summed E-state index contributed by atoms with van der Waals surface area (Å²) in [6.07, 6.45) is 0.597. The first-order valence-corrected chi connectivity index (χ1v) is 21.3. The van der Waals surface area contributed by atoms with Gasteiger partial charge in [0.2, 0.25) is 14.3 Å². The fourth-order valence-electron chi connectivity index (χ4n) is 8.95. The number of unbranched alkanes of at least 4 members (excludes halogenated alkanes) is 1. The summed E-state index contributed by atoms with van der Waals surface area (Å²) in [6.45, 7) is 5.21. The number of carbonyl (C=O) groups excluding carboxylic acids is 4. The average Bonchev–Trinajstić information content (AvgIpc) is 3.57. The third-order valence-electron chi connectivity index (χ3n) is 11.4. The highest BCUT2D eigenvalue weighted by molar-refractivity contribution is 6.72. The van der Waals surface area contributed by atoms with Crippen molar-refractivity contribution >= 4 is 49.2 Å². The lowest BCUT2D eigenvalue weighted by Crippen LogP contribution is -2.48. The molecular formula is C40H46FN3O8Si. The van der Waals surface area contributed by atoms with Crippen LogP contribution in [0, 0.1) is 5.92 Å². The minimum Gasteiger partial charge on any atom is -0.482 e. The Morgan fingerprint density at radius 3 is 2.49 bits per heavy atom. The van der Waals surface area contributed by atoms with Crippen LogP contribution in [0.15, 0.2) is 66.7 Å². The SMILES string of the molecule is COC(=O)CCCCN1C(=O)[C@]2(O[C@H](CC(=O)N3Cc4ccccc4C[C@H]3CO)[C@@H]([Si](C)(C)F)[C@@H]2C)c2cc(N3C(=O)COc4ccccc43)ccc21. The lowest BCUT2D eigenvalue weighted by Gasteiger charge is -2.37. The second-order valence-corrected chi connectivity index (χ2v) is 18.8. The standard InChI is InChI=1S/C40H46FN3O8Si/c1-25-38(53(3,4)41)34(21-35(46)43-22-27-12-6-5-11-26(27)19-29(43)23-45)52-40(25)30-20-28(44-32-13-7-8-14-33(32)51-24-36(44)47)16-17-31(30)42(39(40)49)18-10-9-15-37(48)50-2/h5-8,11-14,16-17,20,25,29,34,38,45H,9-10,15,18-19,21-24H2,1-4H3/t25-,29-,34+,38-,40+/m0/s1. The number of benzene rings is 3. The van der Waals surface area contributed by atoms with Crippen LogP contribution in [0.5, 0.6) is 5.75 Å². The van der Waals surface area contributed by atoms with Crippen molar-refractivity contribution in [2.75, 3.05) is 36.7 Å². The van der Waals surface area contributed by atoms with E-state index in [-0.39, 0.29) is 56.3 Å². The molecular weight excluding hydrogens is 698 g/mol. The Bertz CT molecular complexity index is 1940. The van der Waals surface area contributed by atoms with E-state index in [4.69, 9.17) is 14.2 Å². The number of anilines is 3. The molecule has 0 bridgehead atoms. The number of aliphatic hydroxyl groups is 1. The van der Waals surface area contributed by atoms with Gasteiger partial charge in [-0.05, 0) is 73.8 Å². The molecule has 53 heavy (non-hydrogen) atoms. The third-order valence-corrected chi connectivity index (χ3v) is 13.9. The summed E-state index contributed by atoms with van der Waals surface area (Å²) in [5, 5.41) is 10.3. The van der Waals surface area contributed by atoms with Crippen molar-refractivity contribution in [1.29, 1.82) is 0 Å². The summed E-state index contributed by atoms with van der Waals surface area (Å²) in [7, 11) is -2.28. The maximum Gasteiger partial charge on any atom is 0.305 e. The molecule has 4 aliphatic rings. The van der Waals surface area contributed by atoms with Gasteiger partial charge in [-0.3, -0.25) is 24.1 Å². The Kier molecular flexibility index (Phi) is 9.94. The molecule has 0 radical (unpaired) electrons. The van der Waals surface area contributed by atoms with Gasteiger partial charge in [0.15, 0.2) is 12.2 Å². The van der Waals surface area contributed by atoms with Crippen molar-refractivity contribution in [2.45, 2.75) is 82.0 Å². The Balaban J connectivity index is 1.27. The van der Waals surface area contributed by atoms with Crippen LogP contribution in [0.1, 0.15) is 49.3 Å². The van der Waals surface area contributed by atoms with E-state index < -0.39 is 37.6 Å². The summed E-state index contributed by atoms with van der Waals surface area (Å²) in [6, 6.07) is 20.0. The predicted molar refractivity (Wildman–Crippen MR) is 198 cm³/mol. The van der Waals surface area contributed by atoms with Gasteiger partial charge < -0.3 is 33.2 Å². The molecule has 280 valence electrons. The summed E-state index contributed by atoms with van der Waals surface area (Å²) in [5.41, 5.74) is 1.85. The van der Waals surface area contributed by atoms with Crippen LogP contribution in [0.25, 0.3) is 0 Å². The van der Waals surface area contributed by atoms with Gasteiger partial charge in [-0.1, -0.05) is 43.3 Å². The highest BCUT2D eigenvalue weighted by Gasteiger charge is 2.67. The van der Waals surface area contributed by atoms with Crippen LogP contribution in [0.3, 0.4) is 0 Å². The van der Waals surface area contributed by atoms with Gasteiger partial charge in [0.1, 0.15) is 5.75 Å². The van der Waals surface area contributed by atoms with Gasteiger partial charge in [0.05, 0.1) is 43.7 Å². The third kappa shape index (κ3) is 6.42. The number of hydrogen-bond acceptors (Lipinski definition) is 8. The van der Waals surface area contributed by atoms with Gasteiger partial charge >= 0.3 is 5.97 Å². The maximum absolute atomic E-state index is 16.7. The lowest BCUT2D eigenvalue weighted by atomic mass is 9.82. The molecule has 3 amide bonds. The average molecular weight is 744 g/mol. The number of ether oxygens (including phenoxy) is 3. The van der Waals surface area contributed by atoms with E-state index >= 15 is 4.11 Å². The van der Waals surface area contributed by atoms with Gasteiger partial charge in [0.25, 0.3) is 11.8 Å². The molecule has 1 spiro atoms. The van der Waals surface area contributed by atoms with E-state index in [1.165, 1.54) is 7.11 Å². The van der Waals surface area contributed by atoms with Gasteiger partial charge in [-0.15, -0.1) is 0 Å². The number of methoxy groups -OCH3 is 1. The van der Waals surface area contributed by atoms with Crippen LogP contribution in [0.2, 0.25) is 18.6 Å². The Morgan fingerprint density at radius 2 is 1.75 bits per heavy atom. The molecule has 1 fully saturated rings. The first kappa shape index (κ1) is 36.8. The quantitative estimate of drug-likeness (QED) is 0.124. The summed E-state index contributed by atoms with van der Waals surface area (Å²) in [5.74, 6) is -1.39. The van der Waals surface area contributed by atoms with E-state index in [0.717, 1.165) is 11.1 Å². The minimum absolute atomic E-state index is 0.160. The Hall–Kier alpha value is -4.59. The zero-order valence-corrected chi connectivity index (χ0v) is 31.5. The number of hydrogen-bond donors (Lipinski definition) is 1. The number of halogens is 1. The molecule has 3 aromatic carbocycles. The molecule has 11 nitrogen and oxygen atoms in total. The molecule has 7 rings (SSSR count). The van der Waals surface area contributed by atoms with Crippen LogP contribution in [-0.2, 0) is 47.2 Å². The highest BCUT2D eigenvalue weighted by atomic mass is 28.4. The van der Waals surface area contributed by atoms with E-state index in [2.05, 4.69) is 0 Å². The molecule has 4 aliphatic heterocycles. The van der Waals surface area contributed by atoms with Gasteiger partial charge in [0, 0.05) is 42.2 Å². The first-order valence-electron chi connectivity index (χ1n) is 18.3. The summed E-state index contributed by atoms with van der Waals surface area (Å²) in [4.78, 5) is 59.3. The van der Waals surface area contributed by atoms with E-state index in [1.807, 2.05) is 43.3 Å². The minimum atomic E-state index is -3.62. The smallest absolute Gasteiger partial charge is 0.305 e. The van der Waals surface area contributed by atoms with Crippen LogP contribution in [-0.4, -0.2) is 81.1 Å². The monoisotopic (exact) mass is 743 g/mol. The molecule has 0 aromatic heterocycles. The summed E-state index contributed by atoms with van der Waals surface area (Å²) >= 11 is 0. The largest absolute Gasteiger partial charge is 0.482 e. The van der Waals surface area contributed by atoms with Crippen LogP contribution >= 0.6 is 0 Å². The van der Waals surface area contributed by atoms with Crippen LogP contribution in [0.4, 0.5) is 21.2 Å². The maximum atomic E-state index is 16.7. The first-order chi connectivity index (χ1) is 25.4. The van der Waals surface area contributed by atoms with Crippen molar-refractivity contribution in [3.05, 3.63) is 83.4 Å². The highest BCUT2D eigenvalue weighted by Crippen LogP contribution is 2.61. The predicted octanol–water partition coefficient (Wildman–Crippen LogP) is 5.54. The molecule has 0 aliphatic carbocycles. The normalized spacial score (nSPS) is 24.9. The number of fused-ring (bicyclic) bond motifs is 4. The molecule has 1 N–H and O–H groups in total. The molecule has 3 aromatic rings. The molecule has 4 heterocycles. The van der Waals surface area contributed by atoms with E-state index in [1.54, 1.807) is 58.1 Å². The van der Waals surface area contributed by atoms with Crippen molar-refractivity contribution in [1.82, 2.24) is 4.90 Å². The van der Waals surface area contributed by atoms with Crippen molar-refractivity contribution in [2.24, 2.45) is 5.92 Å². The number of para-hydroxylation sites is 2. The number of aliphatic hydroxyl groups excluding tert-OH is 1. The van der Waals surface area contributed by atoms with E-state index in [0.29, 0.717) is 54.2 Å². The van der Waals surface area contributed by atoms with Crippen LogP contribution < -0.4 is 14.5 Å². The van der Waals surface area contributed by atoms with Crippen molar-refractivity contribution < 1.29 is 42.6 Å².